The maximum absolute atomic E-state index is 12.3. The molecule has 0 fully saturated rings. The molecule has 0 saturated heterocycles. The number of hydrogen-bond donors (Lipinski definition) is 1. The van der Waals surface area contributed by atoms with Crippen molar-refractivity contribution in [2.75, 3.05) is 0 Å². The topological polar surface area (TPSA) is 97.7 Å². The fourth-order valence-electron chi connectivity index (χ4n) is 1.77. The van der Waals surface area contributed by atoms with Crippen molar-refractivity contribution in [2.45, 2.75) is 62.6 Å². The molecule has 0 aromatic carbocycles. The lowest BCUT2D eigenvalue weighted by Gasteiger charge is -2.37. The molecule has 0 amide bonds. The van der Waals surface area contributed by atoms with Gasteiger partial charge in [-0.3, -0.25) is 4.55 Å². The van der Waals surface area contributed by atoms with Crippen molar-refractivity contribution < 1.29 is 51.6 Å². The minimum absolute atomic E-state index is 0.587. The highest BCUT2D eigenvalue weighted by atomic mass is 32.2. The van der Waals surface area contributed by atoms with E-state index in [2.05, 4.69) is 3.87 Å². The zero-order valence-corrected chi connectivity index (χ0v) is 16.9. The first-order valence-corrected chi connectivity index (χ1v) is 10.8. The molecule has 6 nitrogen and oxygen atoms in total. The van der Waals surface area contributed by atoms with Crippen molar-refractivity contribution in [3.63, 3.8) is 0 Å². The smallest absolute Gasteiger partial charge is 0.311 e. The van der Waals surface area contributed by atoms with Gasteiger partial charge in [-0.05, 0) is 10.1 Å². The molecule has 25 heavy (non-hydrogen) atoms. The Hall–Kier alpha value is -0.383. The van der Waals surface area contributed by atoms with Gasteiger partial charge in [0.05, 0.1) is 0 Å². The Morgan fingerprint density at radius 1 is 0.720 bits per heavy atom. The monoisotopic (exact) mass is 442 g/mol. The van der Waals surface area contributed by atoms with E-state index in [1.54, 1.807) is 41.5 Å². The number of halogens is 6. The van der Waals surface area contributed by atoms with Crippen molar-refractivity contribution in [1.29, 1.82) is 0 Å². The van der Waals surface area contributed by atoms with E-state index >= 15 is 0 Å². The predicted molar refractivity (Wildman–Crippen MR) is 80.2 cm³/mol. The van der Waals surface area contributed by atoms with Gasteiger partial charge in [0.15, 0.2) is 0 Å². The molecule has 15 heteroatoms. The minimum Gasteiger partial charge on any atom is -0.311 e. The zero-order chi connectivity index (χ0) is 21.3. The van der Waals surface area contributed by atoms with Crippen LogP contribution in [-0.4, -0.2) is 41.4 Å². The Balaban J connectivity index is 0. The van der Waals surface area contributed by atoms with Gasteiger partial charge in [-0.15, -0.1) is 0 Å². The van der Waals surface area contributed by atoms with Crippen molar-refractivity contribution in [3.05, 3.63) is 0 Å². The lowest BCUT2D eigenvalue weighted by Crippen LogP contribution is -2.43. The predicted octanol–water partition coefficient (Wildman–Crippen LogP) is 3.57. The van der Waals surface area contributed by atoms with Gasteiger partial charge in [0.2, 0.25) is 9.04 Å². The summed E-state index contributed by atoms with van der Waals surface area (Å²) in [6, 6.07) is 0. The van der Waals surface area contributed by atoms with Gasteiger partial charge in [-0.25, -0.2) is 0 Å². The number of rotatable bonds is 2. The van der Waals surface area contributed by atoms with E-state index in [4.69, 9.17) is 13.0 Å². The summed E-state index contributed by atoms with van der Waals surface area (Å²) in [5.41, 5.74) is -10.9. The fraction of sp³-hybridized carbons (Fsp3) is 1.00. The van der Waals surface area contributed by atoms with Crippen molar-refractivity contribution >= 4 is 29.3 Å². The maximum atomic E-state index is 12.3. The van der Waals surface area contributed by atoms with Gasteiger partial charge >= 0.3 is 31.3 Å². The molecule has 0 aromatic rings. The summed E-state index contributed by atoms with van der Waals surface area (Å²) in [6.45, 7) is 10.2. The summed E-state index contributed by atoms with van der Waals surface area (Å²) in [7, 11) is -14.0. The Kier molecular flexibility index (Phi) is 8.26. The van der Waals surface area contributed by atoms with Crippen LogP contribution in [-0.2, 0) is 24.1 Å². The van der Waals surface area contributed by atoms with E-state index < -0.39 is 50.4 Å². The van der Waals surface area contributed by atoms with Gasteiger partial charge < -0.3 is 3.87 Å². The Labute approximate surface area is 144 Å². The molecule has 0 bridgehead atoms. The van der Waals surface area contributed by atoms with Crippen LogP contribution in [0.5, 0.6) is 0 Å². The lowest BCUT2D eigenvalue weighted by molar-refractivity contribution is -0.0512. The first kappa shape index (κ1) is 26.8. The van der Waals surface area contributed by atoms with E-state index in [1.165, 1.54) is 0 Å². The molecule has 0 rings (SSSR count). The standard InChI is InChI=1S/C9H19F3O3SSi.CHF3O3S/c1-7(2,3)17(8(4,5)6)15-16(13,14)9(10,11)12;2-1(3,4)8(5,6)7/h17H,1-6H3;(H,5,6,7). The van der Waals surface area contributed by atoms with Crippen LogP contribution in [0.3, 0.4) is 0 Å². The average molecular weight is 442 g/mol. The van der Waals surface area contributed by atoms with E-state index in [0.717, 1.165) is 0 Å². The van der Waals surface area contributed by atoms with Crippen LogP contribution in [0.4, 0.5) is 26.3 Å². The summed E-state index contributed by atoms with van der Waals surface area (Å²) >= 11 is 0. The van der Waals surface area contributed by atoms with Crippen LogP contribution < -0.4 is 0 Å². The molecule has 0 radical (unpaired) electrons. The van der Waals surface area contributed by atoms with Gasteiger partial charge in [0, 0.05) is 0 Å². The molecule has 0 heterocycles. The van der Waals surface area contributed by atoms with E-state index in [-0.39, 0.29) is 0 Å². The minimum atomic E-state index is -5.84. The van der Waals surface area contributed by atoms with Crippen LogP contribution in [0.25, 0.3) is 0 Å². The molecule has 1 N–H and O–H groups in total. The normalized spacial score (nSPS) is 15.0. The summed E-state index contributed by atoms with van der Waals surface area (Å²) in [5.74, 6) is 0. The molecule has 0 aliphatic rings. The van der Waals surface area contributed by atoms with E-state index in [9.17, 15) is 34.8 Å². The Morgan fingerprint density at radius 3 is 1.08 bits per heavy atom. The lowest BCUT2D eigenvalue weighted by atomic mass is 10.2. The highest BCUT2D eigenvalue weighted by Crippen LogP contribution is 2.44. The van der Waals surface area contributed by atoms with Crippen LogP contribution in [0.2, 0.25) is 10.1 Å². The van der Waals surface area contributed by atoms with E-state index in [0.29, 0.717) is 0 Å². The molecule has 0 spiro atoms. The van der Waals surface area contributed by atoms with Crippen LogP contribution in [0, 0.1) is 0 Å². The van der Waals surface area contributed by atoms with Gasteiger partial charge in [0.25, 0.3) is 0 Å². The molecule has 0 aliphatic heterocycles. The highest BCUT2D eigenvalue weighted by Gasteiger charge is 2.52. The first-order chi connectivity index (χ1) is 10.3. The van der Waals surface area contributed by atoms with Crippen LogP contribution in [0.1, 0.15) is 41.5 Å². The zero-order valence-electron chi connectivity index (χ0n) is 14.2. The summed E-state index contributed by atoms with van der Waals surface area (Å²) < 4.78 is 121. The Bertz CT molecular complexity index is 625. The second kappa shape index (κ2) is 7.70. The van der Waals surface area contributed by atoms with Gasteiger partial charge in [-0.1, -0.05) is 41.5 Å². The third-order valence-electron chi connectivity index (χ3n) is 2.37. The van der Waals surface area contributed by atoms with Crippen molar-refractivity contribution in [2.24, 2.45) is 0 Å². The molecule has 0 unspecified atom stereocenters. The second-order valence-electron chi connectivity index (χ2n) is 7.03. The number of hydrogen-bond acceptors (Lipinski definition) is 5. The summed E-state index contributed by atoms with van der Waals surface area (Å²) in [6.07, 6.45) is 0. The largest absolute Gasteiger partial charge is 0.522 e. The van der Waals surface area contributed by atoms with Crippen LogP contribution in [0.15, 0.2) is 0 Å². The Morgan fingerprint density at radius 2 is 0.960 bits per heavy atom. The molecular formula is C10H20F6O6S2Si. The third-order valence-corrected chi connectivity index (χ3v) is 8.45. The number of alkyl halides is 6. The summed E-state index contributed by atoms with van der Waals surface area (Å²) in [5, 5.41) is -1.17. The molecule has 0 aromatic heterocycles. The highest BCUT2D eigenvalue weighted by molar-refractivity contribution is 7.88. The van der Waals surface area contributed by atoms with Crippen LogP contribution >= 0.6 is 0 Å². The average Bonchev–Trinajstić information content (AvgIpc) is 2.19. The molecule has 154 valence electrons. The molecule has 0 aliphatic carbocycles. The molecular weight excluding hydrogens is 422 g/mol. The van der Waals surface area contributed by atoms with Crippen molar-refractivity contribution in [1.82, 2.24) is 0 Å². The third kappa shape index (κ3) is 9.21. The first-order valence-electron chi connectivity index (χ1n) is 6.37. The quantitative estimate of drug-likeness (QED) is 0.304. The summed E-state index contributed by atoms with van der Waals surface area (Å²) in [4.78, 5) is 0. The van der Waals surface area contributed by atoms with Crippen molar-refractivity contribution in [3.8, 4) is 0 Å². The van der Waals surface area contributed by atoms with E-state index in [1.807, 2.05) is 0 Å². The van der Waals surface area contributed by atoms with Gasteiger partial charge in [0.1, 0.15) is 0 Å². The molecule has 0 saturated carbocycles. The fourth-order valence-corrected chi connectivity index (χ4v) is 8.13. The second-order valence-corrected chi connectivity index (χ2v) is 14.8. The van der Waals surface area contributed by atoms with Gasteiger partial charge in [-0.2, -0.15) is 43.2 Å². The maximum Gasteiger partial charge on any atom is 0.522 e. The SMILES string of the molecule is CC(C)(C)[SiH](OS(=O)(=O)C(F)(F)F)C(C)(C)C.O=S(=O)(O)C(F)(F)F. The molecule has 0 atom stereocenters.